The van der Waals surface area contributed by atoms with E-state index < -0.39 is 0 Å². The molecule has 0 heterocycles. The summed E-state index contributed by atoms with van der Waals surface area (Å²) in [6.45, 7) is 2.32. The molecule has 0 aromatic heterocycles. The minimum Gasteiger partial charge on any atom is -0.0724 e. The lowest BCUT2D eigenvalue weighted by Gasteiger charge is -2.12. The largest absolute Gasteiger partial charge is 0.0869 e. The second-order valence-corrected chi connectivity index (χ2v) is 11.5. The van der Waals surface area contributed by atoms with Crippen molar-refractivity contribution in [2.45, 2.75) is 26.2 Å². The Kier molecular flexibility index (Phi) is 1.97. The van der Waals surface area contributed by atoms with Gasteiger partial charge in [-0.1, -0.05) is 70.6 Å². The highest BCUT2D eigenvalue weighted by molar-refractivity contribution is 9.26. The molecular formula is C7H8Br4. The predicted molar refractivity (Wildman–Crippen MR) is 62.0 cm³/mol. The Labute approximate surface area is 100 Å². The predicted octanol–water partition coefficient (Wildman–Crippen LogP) is 4.39. The van der Waals surface area contributed by atoms with Crippen LogP contribution in [0.15, 0.2) is 0 Å². The molecule has 0 bridgehead atoms. The second-order valence-electron chi connectivity index (χ2n) is 3.82. The van der Waals surface area contributed by atoms with Crippen LogP contribution in [0.1, 0.15) is 19.8 Å². The average molecular weight is 412 g/mol. The van der Waals surface area contributed by atoms with Gasteiger partial charge in [0, 0.05) is 0 Å². The first-order valence-electron chi connectivity index (χ1n) is 3.55. The standard InChI is InChI=1S/C7H8Br4/c1-5(3-7(5,10)11)4-2-6(4,8)9/h4H,2-3H2,1H3. The van der Waals surface area contributed by atoms with Gasteiger partial charge in [-0.2, -0.15) is 0 Å². The highest BCUT2D eigenvalue weighted by atomic mass is 79.9. The summed E-state index contributed by atoms with van der Waals surface area (Å²) in [6.07, 6.45) is 2.46. The summed E-state index contributed by atoms with van der Waals surface area (Å²) in [7, 11) is 0. The molecule has 64 valence electrons. The van der Waals surface area contributed by atoms with Gasteiger partial charge in [0.2, 0.25) is 0 Å². The Morgan fingerprint density at radius 2 is 1.55 bits per heavy atom. The van der Waals surface area contributed by atoms with E-state index in [0.29, 0.717) is 5.41 Å². The van der Waals surface area contributed by atoms with Gasteiger partial charge < -0.3 is 0 Å². The lowest BCUT2D eigenvalue weighted by Crippen LogP contribution is -2.09. The van der Waals surface area contributed by atoms with E-state index in [1.165, 1.54) is 12.8 Å². The van der Waals surface area contributed by atoms with Crippen LogP contribution in [0, 0.1) is 11.3 Å². The molecule has 11 heavy (non-hydrogen) atoms. The van der Waals surface area contributed by atoms with Gasteiger partial charge in [-0.25, -0.2) is 0 Å². The Hall–Kier alpha value is 1.92. The summed E-state index contributed by atoms with van der Waals surface area (Å²) < 4.78 is 0.443. The topological polar surface area (TPSA) is 0 Å². The zero-order valence-corrected chi connectivity index (χ0v) is 12.3. The summed E-state index contributed by atoms with van der Waals surface area (Å²) in [5.74, 6) is 0.758. The van der Waals surface area contributed by atoms with Crippen LogP contribution in [0.5, 0.6) is 0 Å². The highest BCUT2D eigenvalue weighted by Crippen LogP contribution is 2.79. The molecule has 0 N–H and O–H groups in total. The fraction of sp³-hybridized carbons (Fsp3) is 1.00. The lowest BCUT2D eigenvalue weighted by molar-refractivity contribution is 0.491. The van der Waals surface area contributed by atoms with Gasteiger partial charge in [-0.3, -0.25) is 0 Å². The van der Waals surface area contributed by atoms with Crippen LogP contribution in [-0.2, 0) is 0 Å². The molecule has 0 aromatic rings. The molecule has 2 fully saturated rings. The molecular weight excluding hydrogens is 404 g/mol. The lowest BCUT2D eigenvalue weighted by atomic mass is 10.0. The second kappa shape index (κ2) is 2.29. The Morgan fingerprint density at radius 3 is 1.64 bits per heavy atom. The first kappa shape index (κ1) is 9.47. The average Bonchev–Trinajstić information content (AvgIpc) is 2.51. The number of hydrogen-bond acceptors (Lipinski definition) is 0. The maximum atomic E-state index is 3.68. The Morgan fingerprint density at radius 1 is 1.18 bits per heavy atom. The monoisotopic (exact) mass is 408 g/mol. The first-order valence-corrected chi connectivity index (χ1v) is 6.72. The molecule has 2 unspecified atom stereocenters. The maximum absolute atomic E-state index is 3.68. The van der Waals surface area contributed by atoms with Crippen molar-refractivity contribution in [2.24, 2.45) is 11.3 Å². The normalized spacial score (nSPS) is 50.5. The molecule has 0 aromatic carbocycles. The molecule has 2 atom stereocenters. The third-order valence-electron chi connectivity index (χ3n) is 2.89. The molecule has 0 nitrogen and oxygen atoms in total. The third-order valence-corrected chi connectivity index (χ3v) is 7.02. The molecule has 2 aliphatic rings. The molecule has 0 saturated heterocycles. The number of alkyl halides is 4. The van der Waals surface area contributed by atoms with Crippen LogP contribution >= 0.6 is 63.7 Å². The fourth-order valence-corrected chi connectivity index (χ4v) is 5.08. The zero-order valence-electron chi connectivity index (χ0n) is 6.00. The van der Waals surface area contributed by atoms with Crippen molar-refractivity contribution in [3.63, 3.8) is 0 Å². The van der Waals surface area contributed by atoms with Crippen LogP contribution in [-0.4, -0.2) is 6.47 Å². The van der Waals surface area contributed by atoms with E-state index in [-0.39, 0.29) is 6.47 Å². The Balaban J connectivity index is 2.11. The van der Waals surface area contributed by atoms with Crippen molar-refractivity contribution in [3.8, 4) is 0 Å². The summed E-state index contributed by atoms with van der Waals surface area (Å²) in [5.41, 5.74) is 0.431. The van der Waals surface area contributed by atoms with Crippen LogP contribution in [0.4, 0.5) is 0 Å². The third kappa shape index (κ3) is 1.31. The van der Waals surface area contributed by atoms with Crippen molar-refractivity contribution in [3.05, 3.63) is 0 Å². The van der Waals surface area contributed by atoms with E-state index in [1.807, 2.05) is 0 Å². The summed E-state index contributed by atoms with van der Waals surface area (Å²) >= 11 is 14.7. The molecule has 4 heteroatoms. The van der Waals surface area contributed by atoms with Crippen molar-refractivity contribution in [1.82, 2.24) is 0 Å². The number of hydrogen-bond donors (Lipinski definition) is 0. The first-order chi connectivity index (χ1) is 4.80. The van der Waals surface area contributed by atoms with Gasteiger partial charge in [0.05, 0.1) is 6.47 Å². The van der Waals surface area contributed by atoms with Gasteiger partial charge in [-0.05, 0) is 24.2 Å². The summed E-state index contributed by atoms with van der Waals surface area (Å²) in [6, 6.07) is 0. The van der Waals surface area contributed by atoms with Crippen LogP contribution in [0.2, 0.25) is 0 Å². The molecule has 0 spiro atoms. The van der Waals surface area contributed by atoms with E-state index in [1.54, 1.807) is 0 Å². The van der Waals surface area contributed by atoms with E-state index >= 15 is 0 Å². The highest BCUT2D eigenvalue weighted by Gasteiger charge is 2.74. The molecule has 0 radical (unpaired) electrons. The van der Waals surface area contributed by atoms with Crippen molar-refractivity contribution < 1.29 is 0 Å². The smallest absolute Gasteiger partial charge is 0.0724 e. The van der Waals surface area contributed by atoms with E-state index in [9.17, 15) is 0 Å². The van der Waals surface area contributed by atoms with Gasteiger partial charge in [0.15, 0.2) is 0 Å². The fourth-order valence-electron chi connectivity index (χ4n) is 1.70. The van der Waals surface area contributed by atoms with Crippen LogP contribution in [0.3, 0.4) is 0 Å². The maximum Gasteiger partial charge on any atom is 0.0869 e. The Bertz CT molecular complexity index is 210. The van der Waals surface area contributed by atoms with Gasteiger partial charge in [0.1, 0.15) is 0 Å². The quantitative estimate of drug-likeness (QED) is 0.561. The molecule has 0 amide bonds. The minimum absolute atomic E-state index is 0.209. The molecule has 2 saturated carbocycles. The van der Waals surface area contributed by atoms with Gasteiger partial charge >= 0.3 is 0 Å². The van der Waals surface area contributed by atoms with E-state index in [4.69, 9.17) is 0 Å². The van der Waals surface area contributed by atoms with E-state index in [2.05, 4.69) is 70.6 Å². The summed E-state index contributed by atoms with van der Waals surface area (Å²) in [5, 5.41) is 0. The van der Waals surface area contributed by atoms with Crippen LogP contribution < -0.4 is 0 Å². The van der Waals surface area contributed by atoms with Crippen molar-refractivity contribution in [2.75, 3.05) is 0 Å². The molecule has 0 aliphatic heterocycles. The molecule has 2 aliphatic carbocycles. The SMILES string of the molecule is CC1(C2CC2(Br)Br)CC1(Br)Br. The minimum atomic E-state index is 0.209. The number of rotatable bonds is 1. The number of halogens is 4. The van der Waals surface area contributed by atoms with E-state index in [0.717, 1.165) is 5.92 Å². The van der Waals surface area contributed by atoms with Gasteiger partial charge in [0.25, 0.3) is 0 Å². The zero-order chi connectivity index (χ0) is 8.49. The summed E-state index contributed by atoms with van der Waals surface area (Å²) in [4.78, 5) is 0. The molecule has 2 rings (SSSR count). The van der Waals surface area contributed by atoms with Gasteiger partial charge in [-0.15, -0.1) is 0 Å². The van der Waals surface area contributed by atoms with Crippen molar-refractivity contribution >= 4 is 63.7 Å². The van der Waals surface area contributed by atoms with Crippen molar-refractivity contribution in [1.29, 1.82) is 0 Å². The van der Waals surface area contributed by atoms with Crippen LogP contribution in [0.25, 0.3) is 0 Å².